The van der Waals surface area contributed by atoms with Gasteiger partial charge in [-0.1, -0.05) is 30.3 Å². The number of Topliss-reactive ketones (excluding diaryl/α,β-unsaturated/α-hetero) is 1. The molecule has 0 aromatic heterocycles. The first-order valence-electron chi connectivity index (χ1n) is 8.78. The van der Waals surface area contributed by atoms with Gasteiger partial charge in [-0.25, -0.2) is 0 Å². The molecule has 3 rings (SSSR count). The van der Waals surface area contributed by atoms with Crippen LogP contribution in [-0.2, 0) is 25.4 Å². The summed E-state index contributed by atoms with van der Waals surface area (Å²) in [6.07, 6.45) is 0.849. The third-order valence-corrected chi connectivity index (χ3v) is 5.43. The largest absolute Gasteiger partial charge is 0.495 e. The molecule has 0 saturated carbocycles. The molecule has 5 nitrogen and oxygen atoms in total. The van der Waals surface area contributed by atoms with E-state index >= 15 is 0 Å². The van der Waals surface area contributed by atoms with Crippen LogP contribution in [0.1, 0.15) is 59.6 Å². The summed E-state index contributed by atoms with van der Waals surface area (Å²) in [5.74, 6) is -0.114. The van der Waals surface area contributed by atoms with E-state index in [9.17, 15) is 4.79 Å². The zero-order valence-corrected chi connectivity index (χ0v) is 16.1. The highest BCUT2D eigenvalue weighted by Gasteiger charge is 2.52. The van der Waals surface area contributed by atoms with E-state index in [0.717, 1.165) is 23.0 Å². The van der Waals surface area contributed by atoms with Gasteiger partial charge in [0.15, 0.2) is 11.3 Å². The van der Waals surface area contributed by atoms with Crippen LogP contribution in [0.4, 0.5) is 0 Å². The van der Waals surface area contributed by atoms with E-state index in [0.29, 0.717) is 5.71 Å². The van der Waals surface area contributed by atoms with Crippen molar-refractivity contribution in [3.05, 3.63) is 29.3 Å². The van der Waals surface area contributed by atoms with Crippen molar-refractivity contribution in [2.24, 2.45) is 5.16 Å². The number of benzene rings is 1. The molecule has 0 spiro atoms. The molecule has 0 amide bonds. The van der Waals surface area contributed by atoms with Gasteiger partial charge in [-0.05, 0) is 59.0 Å². The fourth-order valence-corrected chi connectivity index (χ4v) is 2.97. The standard InChI is InChI=1S/C19H26BNO4/c1-8-12-9-10-13(15-16(22)17(2,3)25-21-15)11-14(12)20-23-18(4,5)19(6,7)24-20/h9-11H,8H2,1-7H3. The molecule has 2 aliphatic heterocycles. The van der Waals surface area contributed by atoms with Gasteiger partial charge in [0.1, 0.15) is 0 Å². The Morgan fingerprint density at radius 1 is 1.04 bits per heavy atom. The lowest BCUT2D eigenvalue weighted by Crippen LogP contribution is -2.41. The van der Waals surface area contributed by atoms with Gasteiger partial charge in [0.05, 0.1) is 11.2 Å². The third kappa shape index (κ3) is 2.91. The minimum atomic E-state index is -0.913. The molecule has 1 aromatic carbocycles. The number of carbonyl (C=O) groups is 1. The van der Waals surface area contributed by atoms with E-state index in [-0.39, 0.29) is 5.78 Å². The van der Waals surface area contributed by atoms with E-state index in [1.165, 1.54) is 0 Å². The van der Waals surface area contributed by atoms with Crippen LogP contribution in [0.3, 0.4) is 0 Å². The normalized spacial score (nSPS) is 23.6. The van der Waals surface area contributed by atoms with Crippen molar-refractivity contribution in [3.8, 4) is 0 Å². The Morgan fingerprint density at radius 3 is 2.12 bits per heavy atom. The topological polar surface area (TPSA) is 57.1 Å². The Balaban J connectivity index is 2.00. The highest BCUT2D eigenvalue weighted by Crippen LogP contribution is 2.37. The monoisotopic (exact) mass is 343 g/mol. The van der Waals surface area contributed by atoms with Gasteiger partial charge < -0.3 is 14.1 Å². The molecule has 1 saturated heterocycles. The number of nitrogens with zero attached hydrogens (tertiary/aromatic N) is 1. The molecular formula is C19H26BNO4. The number of hydrogen-bond donors (Lipinski definition) is 0. The molecule has 0 unspecified atom stereocenters. The lowest BCUT2D eigenvalue weighted by atomic mass is 9.74. The Bertz CT molecular complexity index is 736. The molecule has 2 aliphatic rings. The van der Waals surface area contributed by atoms with E-state index in [2.05, 4.69) is 12.1 Å². The highest BCUT2D eigenvalue weighted by atomic mass is 16.7. The van der Waals surface area contributed by atoms with Gasteiger partial charge in [0.2, 0.25) is 5.78 Å². The summed E-state index contributed by atoms with van der Waals surface area (Å²) in [6, 6.07) is 5.87. The third-order valence-electron chi connectivity index (χ3n) is 5.43. The lowest BCUT2D eigenvalue weighted by Gasteiger charge is -2.32. The first kappa shape index (κ1) is 18.1. The number of hydrogen-bond acceptors (Lipinski definition) is 5. The van der Waals surface area contributed by atoms with Crippen LogP contribution in [-0.4, -0.2) is 35.4 Å². The second-order valence-electron chi connectivity index (χ2n) is 8.23. The molecule has 0 bridgehead atoms. The molecule has 0 atom stereocenters. The first-order chi connectivity index (χ1) is 11.5. The molecule has 0 N–H and O–H groups in total. The zero-order valence-electron chi connectivity index (χ0n) is 16.1. The summed E-state index contributed by atoms with van der Waals surface area (Å²) in [5, 5.41) is 4.01. The number of oxime groups is 1. The van der Waals surface area contributed by atoms with Gasteiger partial charge in [0, 0.05) is 5.56 Å². The fraction of sp³-hybridized carbons (Fsp3) is 0.579. The maximum Gasteiger partial charge on any atom is 0.495 e. The SMILES string of the molecule is CCc1ccc(C2=NOC(C)(C)C2=O)cc1B1OC(C)(C)C(C)(C)O1. The number of carbonyl (C=O) groups excluding carboxylic acids is 1. The average Bonchev–Trinajstić information content (AvgIpc) is 2.91. The Kier molecular flexibility index (Phi) is 4.12. The van der Waals surface area contributed by atoms with Crippen LogP contribution in [0.15, 0.2) is 23.4 Å². The highest BCUT2D eigenvalue weighted by molar-refractivity contribution is 6.63. The van der Waals surface area contributed by atoms with Gasteiger partial charge in [-0.2, -0.15) is 0 Å². The molecule has 0 aliphatic carbocycles. The van der Waals surface area contributed by atoms with E-state index in [1.54, 1.807) is 13.8 Å². The Hall–Kier alpha value is -1.66. The zero-order chi connectivity index (χ0) is 18.6. The van der Waals surface area contributed by atoms with Crippen molar-refractivity contribution in [2.45, 2.75) is 71.7 Å². The predicted octanol–water partition coefficient (Wildman–Crippen LogP) is 2.63. The maximum atomic E-state index is 12.5. The summed E-state index contributed by atoms with van der Waals surface area (Å²) in [7, 11) is -0.467. The van der Waals surface area contributed by atoms with Crippen LogP contribution >= 0.6 is 0 Å². The van der Waals surface area contributed by atoms with Crippen molar-refractivity contribution in [1.82, 2.24) is 0 Å². The van der Waals surface area contributed by atoms with Gasteiger partial charge in [0.25, 0.3) is 0 Å². The van der Waals surface area contributed by atoms with Crippen LogP contribution in [0.5, 0.6) is 0 Å². The number of ketones is 1. The molecule has 0 radical (unpaired) electrons. The van der Waals surface area contributed by atoms with Crippen molar-refractivity contribution < 1.29 is 18.9 Å². The van der Waals surface area contributed by atoms with Crippen molar-refractivity contribution in [2.75, 3.05) is 0 Å². The maximum absolute atomic E-state index is 12.5. The number of rotatable bonds is 3. The summed E-state index contributed by atoms with van der Waals surface area (Å²) in [4.78, 5) is 17.8. The van der Waals surface area contributed by atoms with Gasteiger partial charge in [-0.3, -0.25) is 4.79 Å². The minimum absolute atomic E-state index is 0.114. The molecular weight excluding hydrogens is 317 g/mol. The smallest absolute Gasteiger partial charge is 0.399 e. The molecule has 1 fully saturated rings. The predicted molar refractivity (Wildman–Crippen MR) is 98.2 cm³/mol. The summed E-state index contributed by atoms with van der Waals surface area (Å²) in [5.41, 5.74) is 1.42. The molecule has 6 heteroatoms. The second kappa shape index (κ2) is 5.68. The van der Waals surface area contributed by atoms with Gasteiger partial charge >= 0.3 is 7.12 Å². The van der Waals surface area contributed by atoms with Crippen molar-refractivity contribution >= 4 is 24.1 Å². The molecule has 1 aromatic rings. The fourth-order valence-electron chi connectivity index (χ4n) is 2.97. The lowest BCUT2D eigenvalue weighted by molar-refractivity contribution is -0.128. The minimum Gasteiger partial charge on any atom is -0.399 e. The average molecular weight is 343 g/mol. The van der Waals surface area contributed by atoms with Crippen LogP contribution < -0.4 is 5.46 Å². The molecule has 2 heterocycles. The quantitative estimate of drug-likeness (QED) is 0.792. The second-order valence-corrected chi connectivity index (χ2v) is 8.23. The van der Waals surface area contributed by atoms with Crippen molar-refractivity contribution in [1.29, 1.82) is 0 Å². The molecule has 134 valence electrons. The van der Waals surface area contributed by atoms with Crippen LogP contribution in [0.25, 0.3) is 0 Å². The first-order valence-corrected chi connectivity index (χ1v) is 8.78. The van der Waals surface area contributed by atoms with Crippen molar-refractivity contribution in [3.63, 3.8) is 0 Å². The van der Waals surface area contributed by atoms with Crippen LogP contribution in [0, 0.1) is 0 Å². The summed E-state index contributed by atoms with van der Waals surface area (Å²) < 4.78 is 12.4. The summed E-state index contributed by atoms with van der Waals surface area (Å²) in [6.45, 7) is 13.7. The Labute approximate surface area is 149 Å². The Morgan fingerprint density at radius 2 is 1.64 bits per heavy atom. The van der Waals surface area contributed by atoms with E-state index in [4.69, 9.17) is 14.1 Å². The van der Waals surface area contributed by atoms with Crippen LogP contribution in [0.2, 0.25) is 0 Å². The van der Waals surface area contributed by atoms with E-state index in [1.807, 2.05) is 45.9 Å². The van der Waals surface area contributed by atoms with E-state index < -0.39 is 23.9 Å². The number of aryl methyl sites for hydroxylation is 1. The summed E-state index contributed by atoms with van der Waals surface area (Å²) >= 11 is 0. The molecule has 25 heavy (non-hydrogen) atoms. The van der Waals surface area contributed by atoms with Gasteiger partial charge in [-0.15, -0.1) is 0 Å².